The summed E-state index contributed by atoms with van der Waals surface area (Å²) in [7, 11) is 0. The quantitative estimate of drug-likeness (QED) is 0.431. The van der Waals surface area contributed by atoms with E-state index in [0.29, 0.717) is 0 Å². The molecule has 1 atom stereocenters. The van der Waals surface area contributed by atoms with Gasteiger partial charge in [0.1, 0.15) is 0 Å². The Morgan fingerprint density at radius 1 is 1.22 bits per heavy atom. The minimum Gasteiger partial charge on any atom is -0.0760 e. The molecule has 0 heteroatoms. The van der Waals surface area contributed by atoms with Crippen molar-refractivity contribution >= 4 is 0 Å². The Labute approximate surface area is 56.0 Å². The predicted molar refractivity (Wildman–Crippen MR) is 37.1 cm³/mol. The summed E-state index contributed by atoms with van der Waals surface area (Å²) in [6, 6.07) is 0. The summed E-state index contributed by atoms with van der Waals surface area (Å²) >= 11 is 0. The van der Waals surface area contributed by atoms with Crippen LogP contribution >= 0.6 is 0 Å². The molecule has 0 aromatic heterocycles. The highest BCUT2D eigenvalue weighted by molar-refractivity contribution is 5.57. The lowest BCUT2D eigenvalue weighted by Gasteiger charge is -2.23. The number of fused-ring (bicyclic) bond motifs is 3. The van der Waals surface area contributed by atoms with E-state index in [1.54, 1.807) is 0 Å². The van der Waals surface area contributed by atoms with Gasteiger partial charge in [-0.2, -0.15) is 0 Å². The molecule has 0 aromatic rings. The highest BCUT2D eigenvalue weighted by atomic mass is 14.7. The van der Waals surface area contributed by atoms with Crippen LogP contribution in [0.15, 0.2) is 11.6 Å². The second-order valence-corrected chi connectivity index (χ2v) is 3.82. The van der Waals surface area contributed by atoms with Crippen molar-refractivity contribution in [3.8, 4) is 0 Å². The summed E-state index contributed by atoms with van der Waals surface area (Å²) in [5.74, 6) is 1.04. The standard InChI is InChI=1S/C9H12/c1-2-4-9(5-3-1)7-6-8(7)9/h6-7H,1-5H2. The van der Waals surface area contributed by atoms with Crippen LogP contribution in [0.25, 0.3) is 0 Å². The van der Waals surface area contributed by atoms with Gasteiger partial charge in [-0.1, -0.05) is 30.9 Å². The zero-order chi connectivity index (χ0) is 5.90. The van der Waals surface area contributed by atoms with E-state index in [2.05, 4.69) is 6.08 Å². The Morgan fingerprint density at radius 3 is 2.22 bits per heavy atom. The molecular formula is C9H12. The molecule has 9 heavy (non-hydrogen) atoms. The highest BCUT2D eigenvalue weighted by Crippen LogP contribution is 2.76. The van der Waals surface area contributed by atoms with Crippen LogP contribution in [0.2, 0.25) is 0 Å². The van der Waals surface area contributed by atoms with Crippen LogP contribution in [0.1, 0.15) is 32.1 Å². The van der Waals surface area contributed by atoms with Crippen molar-refractivity contribution in [1.82, 2.24) is 0 Å². The number of rotatable bonds is 0. The van der Waals surface area contributed by atoms with Gasteiger partial charge in [0.05, 0.1) is 0 Å². The average molecular weight is 120 g/mol. The topological polar surface area (TPSA) is 0 Å². The lowest BCUT2D eigenvalue weighted by Crippen LogP contribution is -2.11. The first-order chi connectivity index (χ1) is 4.43. The molecule has 2 saturated carbocycles. The minimum atomic E-state index is 0.845. The zero-order valence-corrected chi connectivity index (χ0v) is 5.69. The molecular weight excluding hydrogens is 108 g/mol. The van der Waals surface area contributed by atoms with Gasteiger partial charge < -0.3 is 0 Å². The van der Waals surface area contributed by atoms with Gasteiger partial charge in [-0.25, -0.2) is 0 Å². The maximum Gasteiger partial charge on any atom is 0.00800 e. The van der Waals surface area contributed by atoms with Crippen molar-refractivity contribution in [2.24, 2.45) is 11.3 Å². The molecule has 0 heterocycles. The second-order valence-electron chi connectivity index (χ2n) is 3.82. The number of allylic oxidation sites excluding steroid dienone is 2. The summed E-state index contributed by atoms with van der Waals surface area (Å²) in [6.45, 7) is 0. The number of hydrogen-bond acceptors (Lipinski definition) is 0. The van der Waals surface area contributed by atoms with Gasteiger partial charge in [0.2, 0.25) is 0 Å². The van der Waals surface area contributed by atoms with Crippen LogP contribution in [-0.4, -0.2) is 0 Å². The Bertz CT molecular complexity index is 182. The first-order valence-electron chi connectivity index (χ1n) is 4.16. The zero-order valence-electron chi connectivity index (χ0n) is 5.69. The van der Waals surface area contributed by atoms with E-state index in [-0.39, 0.29) is 0 Å². The maximum absolute atomic E-state index is 2.45. The van der Waals surface area contributed by atoms with E-state index >= 15 is 0 Å². The van der Waals surface area contributed by atoms with Crippen LogP contribution in [0, 0.1) is 11.3 Å². The second kappa shape index (κ2) is 1.12. The molecule has 1 spiro atoms. The molecule has 0 saturated heterocycles. The maximum atomic E-state index is 2.45. The predicted octanol–water partition coefficient (Wildman–Crippen LogP) is 2.51. The molecule has 0 aromatic carbocycles. The van der Waals surface area contributed by atoms with Crippen molar-refractivity contribution in [2.45, 2.75) is 32.1 Å². The molecule has 0 radical (unpaired) electrons. The number of hydrogen-bond donors (Lipinski definition) is 0. The molecule has 0 bridgehead atoms. The van der Waals surface area contributed by atoms with Crippen LogP contribution in [0.4, 0.5) is 0 Å². The Hall–Kier alpha value is -0.260. The van der Waals surface area contributed by atoms with E-state index in [0.717, 1.165) is 11.3 Å². The van der Waals surface area contributed by atoms with Crippen molar-refractivity contribution in [1.29, 1.82) is 0 Å². The van der Waals surface area contributed by atoms with Crippen molar-refractivity contribution in [3.05, 3.63) is 11.6 Å². The monoisotopic (exact) mass is 120 g/mol. The fourth-order valence-corrected chi connectivity index (χ4v) is 2.62. The summed E-state index contributed by atoms with van der Waals surface area (Å²) in [4.78, 5) is 0. The molecule has 0 nitrogen and oxygen atoms in total. The lowest BCUT2D eigenvalue weighted by molar-refractivity contribution is 0.322. The van der Waals surface area contributed by atoms with Gasteiger partial charge in [0.25, 0.3) is 0 Å². The lowest BCUT2D eigenvalue weighted by atomic mass is 9.81. The van der Waals surface area contributed by atoms with Gasteiger partial charge >= 0.3 is 0 Å². The largest absolute Gasteiger partial charge is 0.0760 e. The van der Waals surface area contributed by atoms with E-state index in [4.69, 9.17) is 0 Å². The van der Waals surface area contributed by atoms with Crippen molar-refractivity contribution in [2.75, 3.05) is 0 Å². The Kier molecular flexibility index (Phi) is 0.564. The van der Waals surface area contributed by atoms with E-state index < -0.39 is 0 Å². The van der Waals surface area contributed by atoms with Crippen LogP contribution < -0.4 is 0 Å². The first kappa shape index (κ1) is 4.54. The van der Waals surface area contributed by atoms with Crippen LogP contribution in [-0.2, 0) is 0 Å². The fourth-order valence-electron chi connectivity index (χ4n) is 2.62. The third-order valence-corrected chi connectivity index (χ3v) is 3.40. The van der Waals surface area contributed by atoms with Crippen molar-refractivity contribution < 1.29 is 0 Å². The normalized spacial score (nSPS) is 41.8. The highest BCUT2D eigenvalue weighted by Gasteiger charge is 2.66. The first-order valence-corrected chi connectivity index (χ1v) is 4.16. The van der Waals surface area contributed by atoms with Gasteiger partial charge in [-0.3, -0.25) is 0 Å². The molecule has 1 unspecified atom stereocenters. The van der Waals surface area contributed by atoms with Gasteiger partial charge in [-0.15, -0.1) is 0 Å². The van der Waals surface area contributed by atoms with E-state index in [1.807, 2.05) is 5.57 Å². The third-order valence-electron chi connectivity index (χ3n) is 3.40. The van der Waals surface area contributed by atoms with Crippen LogP contribution in [0.3, 0.4) is 0 Å². The molecule has 3 aliphatic rings. The molecule has 0 aliphatic heterocycles. The van der Waals surface area contributed by atoms with E-state index in [9.17, 15) is 0 Å². The minimum absolute atomic E-state index is 0.845. The third kappa shape index (κ3) is 0.385. The molecule has 0 N–H and O–H groups in total. The summed E-state index contributed by atoms with van der Waals surface area (Å²) in [5, 5.41) is 0. The molecule has 2 fully saturated rings. The molecule has 0 amide bonds. The molecule has 3 rings (SSSR count). The average Bonchev–Trinajstić information content (AvgIpc) is 2.76. The Morgan fingerprint density at radius 2 is 1.89 bits per heavy atom. The summed E-state index contributed by atoms with van der Waals surface area (Å²) in [5.41, 5.74) is 2.68. The fraction of sp³-hybridized carbons (Fsp3) is 0.778. The van der Waals surface area contributed by atoms with Crippen LogP contribution in [0.5, 0.6) is 0 Å². The van der Waals surface area contributed by atoms with Gasteiger partial charge in [0.15, 0.2) is 0 Å². The van der Waals surface area contributed by atoms with E-state index in [1.165, 1.54) is 32.1 Å². The Balaban J connectivity index is 1.84. The smallest absolute Gasteiger partial charge is 0.00800 e. The molecule has 48 valence electrons. The summed E-state index contributed by atoms with van der Waals surface area (Å²) < 4.78 is 0. The SMILES string of the molecule is C1=C2C1C21CCCCC1. The van der Waals surface area contributed by atoms with Crippen molar-refractivity contribution in [3.63, 3.8) is 0 Å². The molecule has 3 aliphatic carbocycles. The van der Waals surface area contributed by atoms with Gasteiger partial charge in [0, 0.05) is 11.3 Å². The van der Waals surface area contributed by atoms with Gasteiger partial charge in [-0.05, 0) is 12.8 Å². The summed E-state index contributed by atoms with van der Waals surface area (Å²) in [6.07, 6.45) is 10.0.